The zero-order valence-electron chi connectivity index (χ0n) is 8.38. The van der Waals surface area contributed by atoms with Crippen LogP contribution in [0.25, 0.3) is 0 Å². The van der Waals surface area contributed by atoms with Crippen LogP contribution in [-0.4, -0.2) is 40.5 Å². The highest BCUT2D eigenvalue weighted by Gasteiger charge is 2.38. The molecular weight excluding hydrogens is 246 g/mol. The molecule has 2 rings (SSSR count). The zero-order chi connectivity index (χ0) is 13.1. The van der Waals surface area contributed by atoms with Crippen LogP contribution in [0.2, 0.25) is 0 Å². The number of rotatable bonds is 1. The lowest BCUT2D eigenvalue weighted by molar-refractivity contribution is -0.192. The van der Waals surface area contributed by atoms with Gasteiger partial charge in [-0.15, -0.1) is 0 Å². The average Bonchev–Trinajstić information content (AvgIpc) is 2.49. The van der Waals surface area contributed by atoms with Crippen LogP contribution in [0, 0.1) is 5.82 Å². The Morgan fingerprint density at radius 2 is 2.00 bits per heavy atom. The number of halogens is 4. The minimum atomic E-state index is -5.08. The second kappa shape index (κ2) is 5.13. The second-order valence-electron chi connectivity index (χ2n) is 3.29. The SMILES string of the molecule is Fc1cn[nH]c1C1CNC1.O=C(O)C(F)(F)F. The topological polar surface area (TPSA) is 78.0 Å². The van der Waals surface area contributed by atoms with Crippen molar-refractivity contribution in [3.8, 4) is 0 Å². The first-order chi connectivity index (χ1) is 7.82. The normalized spacial score (nSPS) is 15.8. The Kier molecular flexibility index (Phi) is 4.05. The Morgan fingerprint density at radius 3 is 2.24 bits per heavy atom. The van der Waals surface area contributed by atoms with Crippen LogP contribution in [0.5, 0.6) is 0 Å². The fraction of sp³-hybridized carbons (Fsp3) is 0.500. The molecule has 0 aromatic carbocycles. The summed E-state index contributed by atoms with van der Waals surface area (Å²) in [6.07, 6.45) is -3.87. The van der Waals surface area contributed by atoms with Gasteiger partial charge in [0.15, 0.2) is 5.82 Å². The van der Waals surface area contributed by atoms with E-state index in [0.717, 1.165) is 13.1 Å². The van der Waals surface area contributed by atoms with E-state index in [9.17, 15) is 17.6 Å². The molecule has 1 aromatic rings. The van der Waals surface area contributed by atoms with Crippen LogP contribution < -0.4 is 5.32 Å². The highest BCUT2D eigenvalue weighted by atomic mass is 19.4. The Balaban J connectivity index is 0.000000185. The molecule has 0 amide bonds. The van der Waals surface area contributed by atoms with E-state index in [4.69, 9.17) is 9.90 Å². The maximum absolute atomic E-state index is 12.7. The largest absolute Gasteiger partial charge is 0.490 e. The molecule has 0 atom stereocenters. The van der Waals surface area contributed by atoms with Crippen molar-refractivity contribution in [3.63, 3.8) is 0 Å². The highest BCUT2D eigenvalue weighted by Crippen LogP contribution is 2.19. The van der Waals surface area contributed by atoms with E-state index in [0.29, 0.717) is 11.6 Å². The van der Waals surface area contributed by atoms with Crippen LogP contribution in [0.1, 0.15) is 11.6 Å². The minimum absolute atomic E-state index is 0.216. The van der Waals surface area contributed by atoms with Crippen molar-refractivity contribution < 1.29 is 27.5 Å². The van der Waals surface area contributed by atoms with Gasteiger partial charge in [-0.1, -0.05) is 0 Å². The van der Waals surface area contributed by atoms with Gasteiger partial charge in [0.2, 0.25) is 0 Å². The fourth-order valence-electron chi connectivity index (χ4n) is 1.06. The van der Waals surface area contributed by atoms with Gasteiger partial charge in [0, 0.05) is 19.0 Å². The number of aliphatic carboxylic acids is 1. The summed E-state index contributed by atoms with van der Waals surface area (Å²) in [6.45, 7) is 1.72. The molecule has 3 N–H and O–H groups in total. The molecule has 96 valence electrons. The maximum Gasteiger partial charge on any atom is 0.490 e. The van der Waals surface area contributed by atoms with Crippen molar-refractivity contribution in [2.75, 3.05) is 13.1 Å². The lowest BCUT2D eigenvalue weighted by Gasteiger charge is -2.25. The number of alkyl halides is 3. The molecule has 9 heteroatoms. The summed E-state index contributed by atoms with van der Waals surface area (Å²) in [4.78, 5) is 8.90. The van der Waals surface area contributed by atoms with Gasteiger partial charge in [-0.25, -0.2) is 9.18 Å². The third-order valence-corrected chi connectivity index (χ3v) is 2.05. The minimum Gasteiger partial charge on any atom is -0.475 e. The average molecular weight is 255 g/mol. The van der Waals surface area contributed by atoms with Gasteiger partial charge in [0.05, 0.1) is 11.9 Å². The van der Waals surface area contributed by atoms with Crippen molar-refractivity contribution in [3.05, 3.63) is 17.7 Å². The smallest absolute Gasteiger partial charge is 0.475 e. The number of aromatic amines is 1. The number of hydrogen-bond acceptors (Lipinski definition) is 3. The molecule has 2 heterocycles. The standard InChI is InChI=1S/C6H8FN3.C2HF3O2/c7-5-3-9-10-6(5)4-1-8-2-4;3-2(4,5)1(6)7/h3-4,8H,1-2H2,(H,9,10);(H,6,7). The molecular formula is C8H9F4N3O2. The number of carboxylic acids is 1. The van der Waals surface area contributed by atoms with Gasteiger partial charge in [-0.2, -0.15) is 18.3 Å². The van der Waals surface area contributed by atoms with E-state index in [-0.39, 0.29) is 5.82 Å². The van der Waals surface area contributed by atoms with Gasteiger partial charge in [-0.3, -0.25) is 5.10 Å². The first-order valence-corrected chi connectivity index (χ1v) is 4.52. The predicted octanol–water partition coefficient (Wildman–Crippen LogP) is 0.869. The van der Waals surface area contributed by atoms with Crippen LogP contribution in [-0.2, 0) is 4.79 Å². The molecule has 0 bridgehead atoms. The maximum atomic E-state index is 12.7. The van der Waals surface area contributed by atoms with Crippen LogP contribution in [0.4, 0.5) is 17.6 Å². The number of carboxylic acid groups (broad SMARTS) is 1. The van der Waals surface area contributed by atoms with Crippen LogP contribution in [0.3, 0.4) is 0 Å². The predicted molar refractivity (Wildman–Crippen MR) is 47.8 cm³/mol. The van der Waals surface area contributed by atoms with Crippen LogP contribution in [0.15, 0.2) is 6.20 Å². The molecule has 1 aromatic heterocycles. The molecule has 1 fully saturated rings. The quantitative estimate of drug-likeness (QED) is 0.651. The molecule has 0 aliphatic carbocycles. The molecule has 17 heavy (non-hydrogen) atoms. The summed E-state index contributed by atoms with van der Waals surface area (Å²) in [5.74, 6) is -2.67. The third kappa shape index (κ3) is 3.70. The van der Waals surface area contributed by atoms with Gasteiger partial charge >= 0.3 is 12.1 Å². The van der Waals surface area contributed by atoms with E-state index in [1.54, 1.807) is 0 Å². The van der Waals surface area contributed by atoms with Crippen LogP contribution >= 0.6 is 0 Å². The Bertz CT molecular complexity index is 386. The molecule has 1 aliphatic rings. The first kappa shape index (κ1) is 13.4. The Labute approximate surface area is 92.8 Å². The van der Waals surface area contributed by atoms with E-state index in [1.165, 1.54) is 6.20 Å². The van der Waals surface area contributed by atoms with E-state index in [1.807, 2.05) is 0 Å². The summed E-state index contributed by atoms with van der Waals surface area (Å²) in [6, 6.07) is 0. The number of H-pyrrole nitrogens is 1. The third-order valence-electron chi connectivity index (χ3n) is 2.05. The highest BCUT2D eigenvalue weighted by molar-refractivity contribution is 5.73. The number of nitrogens with zero attached hydrogens (tertiary/aromatic N) is 1. The first-order valence-electron chi connectivity index (χ1n) is 4.52. The molecule has 0 spiro atoms. The number of nitrogens with one attached hydrogen (secondary N) is 2. The van der Waals surface area contributed by atoms with E-state index in [2.05, 4.69) is 15.5 Å². The van der Waals surface area contributed by atoms with Crippen molar-refractivity contribution in [2.24, 2.45) is 0 Å². The van der Waals surface area contributed by atoms with Gasteiger partial charge in [0.25, 0.3) is 0 Å². The van der Waals surface area contributed by atoms with Gasteiger partial charge in [0.1, 0.15) is 0 Å². The monoisotopic (exact) mass is 255 g/mol. The Morgan fingerprint density at radius 1 is 1.47 bits per heavy atom. The van der Waals surface area contributed by atoms with E-state index < -0.39 is 12.1 Å². The van der Waals surface area contributed by atoms with Gasteiger partial charge in [-0.05, 0) is 0 Å². The lowest BCUT2D eigenvalue weighted by atomic mass is 10.00. The fourth-order valence-corrected chi connectivity index (χ4v) is 1.06. The molecule has 0 unspecified atom stereocenters. The summed E-state index contributed by atoms with van der Waals surface area (Å²) in [5.41, 5.74) is 0.638. The van der Waals surface area contributed by atoms with Crippen molar-refractivity contribution in [1.82, 2.24) is 15.5 Å². The Hall–Kier alpha value is -1.64. The number of hydrogen-bond donors (Lipinski definition) is 3. The second-order valence-corrected chi connectivity index (χ2v) is 3.29. The molecule has 1 saturated heterocycles. The summed E-state index contributed by atoms with van der Waals surface area (Å²) < 4.78 is 44.4. The summed E-state index contributed by atoms with van der Waals surface area (Å²) >= 11 is 0. The lowest BCUT2D eigenvalue weighted by Crippen LogP contribution is -2.40. The molecule has 0 saturated carbocycles. The number of carbonyl (C=O) groups is 1. The van der Waals surface area contributed by atoms with Gasteiger partial charge < -0.3 is 10.4 Å². The molecule has 5 nitrogen and oxygen atoms in total. The van der Waals surface area contributed by atoms with Crippen molar-refractivity contribution in [1.29, 1.82) is 0 Å². The van der Waals surface area contributed by atoms with Crippen molar-refractivity contribution >= 4 is 5.97 Å². The van der Waals surface area contributed by atoms with Crippen molar-refractivity contribution in [2.45, 2.75) is 12.1 Å². The zero-order valence-corrected chi connectivity index (χ0v) is 8.38. The molecule has 1 aliphatic heterocycles. The summed E-state index contributed by atoms with van der Waals surface area (Å²) in [7, 11) is 0. The number of aromatic nitrogens is 2. The van der Waals surface area contributed by atoms with E-state index >= 15 is 0 Å². The molecule has 0 radical (unpaired) electrons. The summed E-state index contributed by atoms with van der Waals surface area (Å²) in [5, 5.41) is 16.4.